The van der Waals surface area contributed by atoms with Crippen LogP contribution in [0.15, 0.2) is 35.6 Å². The first-order valence-electron chi connectivity index (χ1n) is 9.65. The van der Waals surface area contributed by atoms with Crippen molar-refractivity contribution in [2.24, 2.45) is 17.8 Å². The van der Waals surface area contributed by atoms with Crippen molar-refractivity contribution in [2.75, 3.05) is 18.0 Å². The Morgan fingerprint density at radius 1 is 1.37 bits per heavy atom. The van der Waals surface area contributed by atoms with Gasteiger partial charge in [-0.3, -0.25) is 4.79 Å². The third-order valence-electron chi connectivity index (χ3n) is 5.42. The number of nitrogens with zero attached hydrogens (tertiary/aromatic N) is 4. The summed E-state index contributed by atoms with van der Waals surface area (Å²) in [6.07, 6.45) is 6.71. The minimum atomic E-state index is 0.0901. The second-order valence-electron chi connectivity index (χ2n) is 7.87. The molecular weight excluding hydrogens is 338 g/mol. The van der Waals surface area contributed by atoms with E-state index in [-0.39, 0.29) is 5.91 Å². The van der Waals surface area contributed by atoms with E-state index < -0.39 is 0 Å². The van der Waals surface area contributed by atoms with Gasteiger partial charge in [-0.05, 0) is 48.8 Å². The second kappa shape index (κ2) is 8.34. The predicted molar refractivity (Wildman–Crippen MR) is 105 cm³/mol. The van der Waals surface area contributed by atoms with E-state index in [1.54, 1.807) is 6.07 Å². The van der Waals surface area contributed by atoms with Gasteiger partial charge in [0.25, 0.3) is 0 Å². The Hall–Kier alpha value is -2.68. The van der Waals surface area contributed by atoms with Crippen molar-refractivity contribution < 1.29 is 4.79 Å². The van der Waals surface area contributed by atoms with Gasteiger partial charge in [0, 0.05) is 25.2 Å². The molecule has 2 unspecified atom stereocenters. The second-order valence-corrected chi connectivity index (χ2v) is 7.87. The molecule has 6 heteroatoms. The fraction of sp³-hybridized carbons (Fsp3) is 0.524. The van der Waals surface area contributed by atoms with Gasteiger partial charge in [0.2, 0.25) is 5.91 Å². The molecule has 142 valence electrons. The smallest absolute Gasteiger partial charge is 0.224 e. The Kier molecular flexibility index (Phi) is 5.90. The number of aromatic nitrogens is 2. The van der Waals surface area contributed by atoms with Crippen LogP contribution in [-0.2, 0) is 4.79 Å². The number of carbonyl (C=O) groups excluding carboxylic acids is 1. The maximum absolute atomic E-state index is 12.5. The SMILES string of the molecule is CC(C)C1=CC=C(NC(=O)CC2CCN(c3ccc(C#N)nn3)C2)C(C)C1. The van der Waals surface area contributed by atoms with Gasteiger partial charge in [-0.1, -0.05) is 32.4 Å². The van der Waals surface area contributed by atoms with Crippen LogP contribution in [0.1, 0.15) is 45.7 Å². The largest absolute Gasteiger partial charge is 0.355 e. The highest BCUT2D eigenvalue weighted by Gasteiger charge is 2.27. The van der Waals surface area contributed by atoms with Gasteiger partial charge in [-0.25, -0.2) is 0 Å². The van der Waals surface area contributed by atoms with Gasteiger partial charge in [0.05, 0.1) is 0 Å². The van der Waals surface area contributed by atoms with Crippen LogP contribution in [0.2, 0.25) is 0 Å². The molecule has 0 bridgehead atoms. The van der Waals surface area contributed by atoms with E-state index in [0.29, 0.717) is 29.9 Å². The summed E-state index contributed by atoms with van der Waals surface area (Å²) in [5.41, 5.74) is 2.78. The summed E-state index contributed by atoms with van der Waals surface area (Å²) in [4.78, 5) is 14.6. The van der Waals surface area contributed by atoms with Crippen molar-refractivity contribution in [1.82, 2.24) is 15.5 Å². The van der Waals surface area contributed by atoms with Gasteiger partial charge in [-0.2, -0.15) is 5.26 Å². The average Bonchev–Trinajstić information content (AvgIpc) is 3.11. The molecule has 1 aromatic rings. The molecule has 0 spiro atoms. The van der Waals surface area contributed by atoms with Gasteiger partial charge in [0.1, 0.15) is 6.07 Å². The third-order valence-corrected chi connectivity index (χ3v) is 5.42. The minimum Gasteiger partial charge on any atom is -0.355 e. The van der Waals surface area contributed by atoms with Gasteiger partial charge < -0.3 is 10.2 Å². The van der Waals surface area contributed by atoms with Gasteiger partial charge in [-0.15, -0.1) is 10.2 Å². The molecular formula is C21H27N5O. The number of rotatable bonds is 5. The molecule has 2 heterocycles. The van der Waals surface area contributed by atoms with E-state index in [4.69, 9.17) is 5.26 Å². The van der Waals surface area contributed by atoms with Crippen LogP contribution < -0.4 is 10.2 Å². The summed E-state index contributed by atoms with van der Waals surface area (Å²) in [5.74, 6) is 2.07. The van der Waals surface area contributed by atoms with Crippen molar-refractivity contribution in [3.8, 4) is 6.07 Å². The Morgan fingerprint density at radius 2 is 2.19 bits per heavy atom. The maximum Gasteiger partial charge on any atom is 0.224 e. The zero-order chi connectivity index (χ0) is 19.4. The number of carbonyl (C=O) groups is 1. The normalized spacial score (nSPS) is 22.3. The number of allylic oxidation sites excluding steroid dienone is 4. The molecule has 2 atom stereocenters. The molecule has 0 saturated carbocycles. The van der Waals surface area contributed by atoms with E-state index in [2.05, 4.69) is 53.3 Å². The average molecular weight is 365 g/mol. The van der Waals surface area contributed by atoms with Crippen LogP contribution in [0.5, 0.6) is 0 Å². The van der Waals surface area contributed by atoms with Crippen molar-refractivity contribution in [1.29, 1.82) is 5.26 Å². The van der Waals surface area contributed by atoms with E-state index in [9.17, 15) is 4.79 Å². The van der Waals surface area contributed by atoms with Crippen LogP contribution in [0.3, 0.4) is 0 Å². The zero-order valence-electron chi connectivity index (χ0n) is 16.3. The lowest BCUT2D eigenvalue weighted by atomic mass is 9.87. The van der Waals surface area contributed by atoms with Gasteiger partial charge >= 0.3 is 0 Å². The fourth-order valence-corrected chi connectivity index (χ4v) is 3.72. The Labute approximate surface area is 161 Å². The molecule has 1 aliphatic heterocycles. The number of hydrogen-bond donors (Lipinski definition) is 1. The highest BCUT2D eigenvalue weighted by Crippen LogP contribution is 2.28. The van der Waals surface area contributed by atoms with E-state index in [0.717, 1.165) is 37.4 Å². The monoisotopic (exact) mass is 365 g/mol. The van der Waals surface area contributed by atoms with Crippen molar-refractivity contribution >= 4 is 11.7 Å². The zero-order valence-corrected chi connectivity index (χ0v) is 16.3. The summed E-state index contributed by atoms with van der Waals surface area (Å²) < 4.78 is 0. The maximum atomic E-state index is 12.5. The minimum absolute atomic E-state index is 0.0901. The first kappa shape index (κ1) is 19.1. The molecule has 1 saturated heterocycles. The number of nitrogens with one attached hydrogen (secondary N) is 1. The Bertz CT molecular complexity index is 788. The molecule has 0 aromatic carbocycles. The van der Waals surface area contributed by atoms with E-state index in [1.807, 2.05) is 12.1 Å². The molecule has 1 fully saturated rings. The lowest BCUT2D eigenvalue weighted by Gasteiger charge is -2.24. The van der Waals surface area contributed by atoms with E-state index >= 15 is 0 Å². The first-order chi connectivity index (χ1) is 13.0. The topological polar surface area (TPSA) is 81.9 Å². The standard InChI is InChI=1S/C21H27N5O/c1-14(2)17-4-6-19(15(3)10-17)23-21(27)11-16-8-9-26(13-16)20-7-5-18(12-22)24-25-20/h4-7,14-16H,8-11,13H2,1-3H3,(H,23,27). The Morgan fingerprint density at radius 3 is 2.81 bits per heavy atom. The van der Waals surface area contributed by atoms with Gasteiger partial charge in [0.15, 0.2) is 11.5 Å². The van der Waals surface area contributed by atoms with Crippen LogP contribution in [0, 0.1) is 29.1 Å². The lowest BCUT2D eigenvalue weighted by molar-refractivity contribution is -0.121. The molecule has 1 aromatic heterocycles. The summed E-state index contributed by atoms with van der Waals surface area (Å²) in [6, 6.07) is 5.48. The molecule has 27 heavy (non-hydrogen) atoms. The highest BCUT2D eigenvalue weighted by molar-refractivity contribution is 5.78. The highest BCUT2D eigenvalue weighted by atomic mass is 16.1. The molecule has 1 aliphatic carbocycles. The summed E-state index contributed by atoms with van der Waals surface area (Å²) >= 11 is 0. The van der Waals surface area contributed by atoms with E-state index in [1.165, 1.54) is 5.57 Å². The molecule has 6 nitrogen and oxygen atoms in total. The number of anilines is 1. The van der Waals surface area contributed by atoms with Crippen molar-refractivity contribution in [3.05, 3.63) is 41.2 Å². The Balaban J connectivity index is 1.52. The van der Waals surface area contributed by atoms with Crippen LogP contribution in [-0.4, -0.2) is 29.2 Å². The fourth-order valence-electron chi connectivity index (χ4n) is 3.72. The number of nitriles is 1. The van der Waals surface area contributed by atoms with Crippen LogP contribution in [0.4, 0.5) is 5.82 Å². The molecule has 1 N–H and O–H groups in total. The molecule has 2 aliphatic rings. The van der Waals surface area contributed by atoms with Crippen molar-refractivity contribution in [2.45, 2.75) is 40.0 Å². The van der Waals surface area contributed by atoms with Crippen LogP contribution >= 0.6 is 0 Å². The summed E-state index contributed by atoms with van der Waals surface area (Å²) in [5, 5.41) is 19.9. The predicted octanol–water partition coefficient (Wildman–Crippen LogP) is 3.19. The third kappa shape index (κ3) is 4.73. The van der Waals surface area contributed by atoms with Crippen LogP contribution in [0.25, 0.3) is 0 Å². The lowest BCUT2D eigenvalue weighted by Crippen LogP contribution is -2.30. The summed E-state index contributed by atoms with van der Waals surface area (Å²) in [7, 11) is 0. The molecule has 0 radical (unpaired) electrons. The molecule has 1 amide bonds. The molecule has 3 rings (SSSR count). The number of hydrogen-bond acceptors (Lipinski definition) is 5. The van der Waals surface area contributed by atoms with Crippen molar-refractivity contribution in [3.63, 3.8) is 0 Å². The quantitative estimate of drug-likeness (QED) is 0.866. The number of amides is 1. The first-order valence-corrected chi connectivity index (χ1v) is 9.65. The summed E-state index contributed by atoms with van der Waals surface area (Å²) in [6.45, 7) is 8.24.